The van der Waals surface area contributed by atoms with Crippen molar-refractivity contribution in [2.75, 3.05) is 33.0 Å². The zero-order chi connectivity index (χ0) is 86.6. The highest BCUT2D eigenvalue weighted by atomic mass is 28.4. The van der Waals surface area contributed by atoms with E-state index in [2.05, 4.69) is 155 Å². The average molecular weight is 1710 g/mol. The van der Waals surface area contributed by atoms with E-state index in [0.29, 0.717) is 6.61 Å². The third-order valence-corrected chi connectivity index (χ3v) is 26.4. The molecular weight excluding hydrogens is 1580 g/mol. The van der Waals surface area contributed by atoms with Gasteiger partial charge in [-0.15, -0.1) is 0 Å². The van der Waals surface area contributed by atoms with Crippen LogP contribution in [0.15, 0.2) is 364 Å². The first-order valence-electron chi connectivity index (χ1n) is 43.6. The summed E-state index contributed by atoms with van der Waals surface area (Å²) in [5.74, 6) is 0. The van der Waals surface area contributed by atoms with Crippen LogP contribution < -0.4 is 0 Å². The Hall–Kier alpha value is -9.78. The Morgan fingerprint density at radius 2 is 0.352 bits per heavy atom. The lowest BCUT2D eigenvalue weighted by atomic mass is 10.0. The van der Waals surface area contributed by atoms with Crippen molar-refractivity contribution >= 4 is 8.32 Å². The van der Waals surface area contributed by atoms with Crippen LogP contribution in [0.5, 0.6) is 0 Å². The van der Waals surface area contributed by atoms with Crippen LogP contribution in [-0.4, -0.2) is 115 Å². The summed E-state index contributed by atoms with van der Waals surface area (Å²) in [4.78, 5) is 6.53. The molecule has 0 heterocycles. The number of hydrogen-bond acceptors (Lipinski definition) is 16. The molecule has 0 saturated carbocycles. The molecule has 12 aromatic carbocycles. The van der Waals surface area contributed by atoms with Crippen LogP contribution >= 0.6 is 0 Å². The Kier molecular flexibility index (Phi) is 39.5. The predicted octanol–water partition coefficient (Wildman–Crippen LogP) is 22.0. The average Bonchev–Trinajstić information content (AvgIpc) is 0.834. The van der Waals surface area contributed by atoms with Gasteiger partial charge in [0.1, 0.15) is 73.8 Å². The maximum absolute atomic E-state index is 7.60. The van der Waals surface area contributed by atoms with E-state index in [4.69, 9.17) is 75.8 Å². The van der Waals surface area contributed by atoms with Crippen molar-refractivity contribution in [1.82, 2.24) is 0 Å². The van der Waals surface area contributed by atoms with E-state index in [0.717, 1.165) is 66.8 Å². The smallest absolute Gasteiger partial charge is 0.238 e. The lowest BCUT2D eigenvalue weighted by Crippen LogP contribution is -2.54. The second kappa shape index (κ2) is 52.4. The Labute approximate surface area is 741 Å². The van der Waals surface area contributed by atoms with Crippen LogP contribution in [0.2, 0.25) is 18.1 Å². The van der Waals surface area contributed by atoms with Crippen LogP contribution in [0, 0.1) is 0 Å². The van der Waals surface area contributed by atoms with Gasteiger partial charge in [0.05, 0.1) is 112 Å². The van der Waals surface area contributed by atoms with E-state index in [1.54, 1.807) is 0 Å². The van der Waals surface area contributed by atoms with Crippen LogP contribution in [-0.2, 0) is 155 Å². The van der Waals surface area contributed by atoms with Gasteiger partial charge in [-0.2, -0.15) is 0 Å². The molecule has 0 N–H and O–H groups in total. The van der Waals surface area contributed by atoms with E-state index < -0.39 is 81.6 Å². The van der Waals surface area contributed by atoms with Crippen molar-refractivity contribution in [3.05, 3.63) is 431 Å². The SMILES string of the molecule is C[C@@H](OCc1ccccc1)[C@@H](OCc1ccccc1)[C@H](OCc1ccccc1)[C@@H](COC[C@@H](OCc1ccccc1)[C@@H](OCc1ccccc1)[C@H](OCc1ccccc1)[C@@H](COC[C@@H](OCc1ccccc1)[C@@H](OCc1ccccc1)[C@H](OCc1ccccc1)[C@@H](COO[Si](C)(C)C(C)(C)C)OCc1ccccc1)OCc1ccccc1)OCc1ccccc1. The third-order valence-electron chi connectivity index (χ3n) is 22.3. The van der Waals surface area contributed by atoms with Gasteiger partial charge in [0.25, 0.3) is 0 Å². The molecule has 0 aliphatic rings. The van der Waals surface area contributed by atoms with Gasteiger partial charge in [-0.3, -0.25) is 4.58 Å². The molecule has 0 aliphatic carbocycles. The van der Waals surface area contributed by atoms with Crippen molar-refractivity contribution in [3.8, 4) is 0 Å². The molecule has 0 aromatic heterocycles. The van der Waals surface area contributed by atoms with E-state index in [9.17, 15) is 0 Å². The van der Waals surface area contributed by atoms with Crippen LogP contribution in [0.3, 0.4) is 0 Å². The van der Waals surface area contributed by atoms with Crippen molar-refractivity contribution in [3.63, 3.8) is 0 Å². The fourth-order valence-corrected chi connectivity index (χ4v) is 14.7. The molecule has 12 atom stereocenters. The molecular formula is C108H124O16Si. The maximum atomic E-state index is 7.60. The summed E-state index contributed by atoms with van der Waals surface area (Å²) in [5, 5.41) is -0.176. The van der Waals surface area contributed by atoms with Gasteiger partial charge in [0.2, 0.25) is 8.32 Å². The molecule has 0 saturated heterocycles. The van der Waals surface area contributed by atoms with Gasteiger partial charge in [-0.05, 0) is 91.8 Å². The molecule has 0 amide bonds. The summed E-state index contributed by atoms with van der Waals surface area (Å²) in [5.41, 5.74) is 11.4. The highest BCUT2D eigenvalue weighted by molar-refractivity contribution is 6.73. The maximum Gasteiger partial charge on any atom is 0.238 e. The van der Waals surface area contributed by atoms with Crippen LogP contribution in [0.25, 0.3) is 0 Å². The first kappa shape index (κ1) is 94.3. The second-order valence-corrected chi connectivity index (χ2v) is 37.6. The van der Waals surface area contributed by atoms with Gasteiger partial charge in [-0.25, -0.2) is 4.89 Å². The normalized spacial score (nSPS) is 14.8. The Morgan fingerprint density at radius 1 is 0.200 bits per heavy atom. The molecule has 656 valence electrons. The topological polar surface area (TPSA) is 148 Å². The summed E-state index contributed by atoms with van der Waals surface area (Å²) in [6, 6.07) is 122. The zero-order valence-corrected chi connectivity index (χ0v) is 74.1. The summed E-state index contributed by atoms with van der Waals surface area (Å²) in [6.07, 6.45) is -10.2. The van der Waals surface area contributed by atoms with Gasteiger partial charge >= 0.3 is 0 Å². The predicted molar refractivity (Wildman–Crippen MR) is 492 cm³/mol. The number of hydrogen-bond donors (Lipinski definition) is 0. The van der Waals surface area contributed by atoms with Gasteiger partial charge in [0, 0.05) is 0 Å². The van der Waals surface area contributed by atoms with E-state index in [1.165, 1.54) is 0 Å². The Bertz CT molecular complexity index is 4770. The Balaban J connectivity index is 0.956. The summed E-state index contributed by atoms with van der Waals surface area (Å²) < 4.78 is 110. The lowest BCUT2D eigenvalue weighted by molar-refractivity contribution is -0.268. The monoisotopic (exact) mass is 1700 g/mol. The van der Waals surface area contributed by atoms with Crippen LogP contribution in [0.1, 0.15) is 94.5 Å². The molecule has 0 unspecified atom stereocenters. The summed E-state index contributed by atoms with van der Waals surface area (Å²) in [7, 11) is -2.51. The first-order valence-corrected chi connectivity index (χ1v) is 46.6. The quantitative estimate of drug-likeness (QED) is 0.0202. The molecule has 125 heavy (non-hydrogen) atoms. The lowest BCUT2D eigenvalue weighted by Gasteiger charge is -2.39. The highest BCUT2D eigenvalue weighted by Gasteiger charge is 2.45. The molecule has 0 aliphatic heterocycles. The fraction of sp³-hybridized carbons (Fsp3) is 0.333. The van der Waals surface area contributed by atoms with E-state index >= 15 is 0 Å². The number of rotatable bonds is 57. The van der Waals surface area contributed by atoms with E-state index in [1.807, 2.05) is 250 Å². The van der Waals surface area contributed by atoms with Gasteiger partial charge < -0.3 is 66.3 Å². The standard InChI is InChI=1S/C108H124O16Si/c1-84(111-67-85-43-19-7-20-44-85)102(117-73-91-55-31-13-32-56-91)103(118-74-92-57-33-14-34-58-92)97(112-68-86-45-21-8-22-46-86)79-109-80-98(113-69-87-47-23-9-24-48-87)104(119-75-93-59-35-15-36-60-93)105(120-76-94-61-37-16-38-62-94)99(114-70-88-49-25-10-26-50-88)81-110-82-100(115-71-89-51-27-11-28-52-89)106(121-77-95-63-39-17-40-64-95)107(122-78-96-65-41-18-42-66-96)101(116-72-90-53-29-12-30-54-90)83-123-124-125(5,6)108(2,3)4/h7-66,84,97-107H,67-83H2,1-6H3/t84-,97-,98-,99-,100-,101-,102-,103-,104-,105-,106-,107-/m1/s1. The van der Waals surface area contributed by atoms with Crippen LogP contribution in [0.4, 0.5) is 0 Å². The molecule has 0 bridgehead atoms. The van der Waals surface area contributed by atoms with Crippen molar-refractivity contribution in [2.24, 2.45) is 0 Å². The fourth-order valence-electron chi connectivity index (χ4n) is 14.1. The molecule has 0 radical (unpaired) electrons. The van der Waals surface area contributed by atoms with Crippen molar-refractivity contribution in [1.29, 1.82) is 0 Å². The molecule has 12 aromatic rings. The highest BCUT2D eigenvalue weighted by Crippen LogP contribution is 2.38. The van der Waals surface area contributed by atoms with Crippen molar-refractivity contribution < 1.29 is 75.8 Å². The van der Waals surface area contributed by atoms with Gasteiger partial charge in [0.15, 0.2) is 0 Å². The van der Waals surface area contributed by atoms with Gasteiger partial charge in [-0.1, -0.05) is 385 Å². The largest absolute Gasteiger partial charge is 0.376 e. The molecule has 17 heteroatoms. The minimum atomic E-state index is -2.51. The minimum Gasteiger partial charge on any atom is -0.376 e. The summed E-state index contributed by atoms with van der Waals surface area (Å²) in [6.45, 7) is 15.1. The first-order chi connectivity index (χ1) is 61.3. The molecule has 16 nitrogen and oxygen atoms in total. The third kappa shape index (κ3) is 32.5. The molecule has 0 fully saturated rings. The molecule has 12 rings (SSSR count). The number of ether oxygens (including phenoxy) is 14. The zero-order valence-electron chi connectivity index (χ0n) is 73.1. The Morgan fingerprint density at radius 3 is 0.536 bits per heavy atom. The minimum absolute atomic E-state index is 0.00600. The second-order valence-electron chi connectivity index (χ2n) is 32.9. The molecule has 0 spiro atoms. The summed E-state index contributed by atoms with van der Waals surface area (Å²) >= 11 is 0. The van der Waals surface area contributed by atoms with Crippen molar-refractivity contribution in [2.45, 2.75) is 198 Å². The van der Waals surface area contributed by atoms with E-state index in [-0.39, 0.29) is 111 Å². The number of benzene rings is 12.